The summed E-state index contributed by atoms with van der Waals surface area (Å²) in [5.74, 6) is -0.176. The second-order valence-corrected chi connectivity index (χ2v) is 8.65. The van der Waals surface area contributed by atoms with E-state index in [2.05, 4.69) is 29.1 Å². The molecule has 1 aliphatic carbocycles. The molecule has 3 rings (SSSR count). The van der Waals surface area contributed by atoms with Gasteiger partial charge in [-0.05, 0) is 31.1 Å². The van der Waals surface area contributed by atoms with E-state index in [9.17, 15) is 4.79 Å². The highest BCUT2D eigenvalue weighted by atomic mass is 79.9. The summed E-state index contributed by atoms with van der Waals surface area (Å²) in [6, 6.07) is 0. The van der Waals surface area contributed by atoms with Gasteiger partial charge in [0.2, 0.25) is 5.88 Å². The quantitative estimate of drug-likeness (QED) is 0.440. The molecule has 28 heavy (non-hydrogen) atoms. The van der Waals surface area contributed by atoms with Crippen molar-refractivity contribution in [2.45, 2.75) is 57.4 Å². The Kier molecular flexibility index (Phi) is 7.88. The Hall–Kier alpha value is -1.61. The molecule has 0 amide bonds. The molecule has 0 radical (unpaired) electrons. The van der Waals surface area contributed by atoms with Crippen LogP contribution in [-0.2, 0) is 4.79 Å². The van der Waals surface area contributed by atoms with Gasteiger partial charge < -0.3 is 15.2 Å². The van der Waals surface area contributed by atoms with Crippen molar-refractivity contribution in [2.24, 2.45) is 10.4 Å². The summed E-state index contributed by atoms with van der Waals surface area (Å²) in [6.45, 7) is 5.22. The molecular weight excluding hydrogens is 444 g/mol. The van der Waals surface area contributed by atoms with Crippen molar-refractivity contribution in [2.75, 3.05) is 19.0 Å². The van der Waals surface area contributed by atoms with E-state index in [1.807, 2.05) is 0 Å². The average molecular weight is 471 g/mol. The van der Waals surface area contributed by atoms with E-state index in [0.29, 0.717) is 12.3 Å². The van der Waals surface area contributed by atoms with Gasteiger partial charge in [-0.3, -0.25) is 9.79 Å². The normalized spacial score (nSPS) is 18.6. The largest absolute Gasteiger partial charge is 0.481 e. The fourth-order valence-electron chi connectivity index (χ4n) is 3.40. The van der Waals surface area contributed by atoms with Gasteiger partial charge in [0.05, 0.1) is 17.7 Å². The van der Waals surface area contributed by atoms with Crippen LogP contribution in [0.1, 0.15) is 52.4 Å². The van der Waals surface area contributed by atoms with Crippen molar-refractivity contribution >= 4 is 46.1 Å². The van der Waals surface area contributed by atoms with Gasteiger partial charge in [-0.2, -0.15) is 4.98 Å². The van der Waals surface area contributed by atoms with Crippen LogP contribution in [0.4, 0.5) is 5.69 Å². The van der Waals surface area contributed by atoms with Crippen molar-refractivity contribution in [3.63, 3.8) is 0 Å². The fraction of sp³-hybridized carbons (Fsp3) is 0.579. The predicted molar refractivity (Wildman–Crippen MR) is 117 cm³/mol. The molecule has 2 N–H and O–H groups in total. The predicted octanol–water partition coefficient (Wildman–Crippen LogP) is 4.70. The van der Waals surface area contributed by atoms with Crippen LogP contribution in [0.15, 0.2) is 26.9 Å². The number of unbranched alkanes of at least 4 members (excludes halogenated alkanes) is 2. The van der Waals surface area contributed by atoms with E-state index in [-0.39, 0.29) is 28.8 Å². The molecule has 0 unspecified atom stereocenters. The number of aliphatic carboxylic acids is 1. The van der Waals surface area contributed by atoms with Crippen LogP contribution < -0.4 is 10.1 Å². The summed E-state index contributed by atoms with van der Waals surface area (Å²) in [6.07, 6.45) is 6.11. The van der Waals surface area contributed by atoms with Crippen LogP contribution in [-0.4, -0.2) is 40.4 Å². The molecule has 1 aromatic rings. The minimum Gasteiger partial charge on any atom is -0.481 e. The van der Waals surface area contributed by atoms with E-state index in [4.69, 9.17) is 14.8 Å². The summed E-state index contributed by atoms with van der Waals surface area (Å²) < 4.78 is 5.37. The molecule has 154 valence electrons. The van der Waals surface area contributed by atoms with Gasteiger partial charge in [0, 0.05) is 18.7 Å². The van der Waals surface area contributed by atoms with Crippen molar-refractivity contribution < 1.29 is 14.6 Å². The van der Waals surface area contributed by atoms with E-state index in [0.717, 1.165) is 59.3 Å². The average Bonchev–Trinajstić information content (AvgIpc) is 2.61. The number of carboxylic acid groups (broad SMARTS) is 1. The number of aliphatic imine (C=N–C) groups is 1. The number of halogens is 1. The topological polar surface area (TPSA) is 96.7 Å². The van der Waals surface area contributed by atoms with E-state index < -0.39 is 5.97 Å². The summed E-state index contributed by atoms with van der Waals surface area (Å²) in [4.78, 5) is 25.2. The molecule has 2 aliphatic rings. The van der Waals surface area contributed by atoms with Gasteiger partial charge >= 0.3 is 5.97 Å². The lowest BCUT2D eigenvalue weighted by molar-refractivity contribution is -0.137. The number of hydrogen-bond acceptors (Lipinski definition) is 7. The molecule has 0 fully saturated rings. The first kappa shape index (κ1) is 22.7. The first-order valence-corrected chi connectivity index (χ1v) is 10.0. The minimum atomic E-state index is -0.731. The molecular formula is C19H27BrN4O3S. The first-order chi connectivity index (χ1) is 12.9. The number of ether oxygens (including phenoxy) is 1. The number of carboxylic acids is 1. The molecule has 0 atom stereocenters. The summed E-state index contributed by atoms with van der Waals surface area (Å²) in [5, 5.41) is 13.1. The monoisotopic (exact) mass is 470 g/mol. The summed E-state index contributed by atoms with van der Waals surface area (Å²) in [5.41, 5.74) is 3.21. The number of hydrogen-bond donors (Lipinski definition) is 2. The number of aromatic nitrogens is 2. The van der Waals surface area contributed by atoms with Crippen molar-refractivity contribution in [1.29, 1.82) is 0 Å². The highest BCUT2D eigenvalue weighted by molar-refractivity contribution is 8.93. The van der Waals surface area contributed by atoms with Crippen LogP contribution >= 0.6 is 28.7 Å². The summed E-state index contributed by atoms with van der Waals surface area (Å²) >= 11 is 1.63. The number of thioether (sulfide) groups is 1. The van der Waals surface area contributed by atoms with Gasteiger partial charge in [0.1, 0.15) is 17.0 Å². The third-order valence-electron chi connectivity index (χ3n) is 4.63. The maximum Gasteiger partial charge on any atom is 0.303 e. The Balaban J connectivity index is 0.00000280. The van der Waals surface area contributed by atoms with E-state index in [1.165, 1.54) is 6.33 Å². The van der Waals surface area contributed by atoms with E-state index >= 15 is 0 Å². The third-order valence-corrected chi connectivity index (χ3v) is 5.82. The highest BCUT2D eigenvalue weighted by Crippen LogP contribution is 2.49. The lowest BCUT2D eigenvalue weighted by Gasteiger charge is -2.36. The van der Waals surface area contributed by atoms with Crippen LogP contribution in [0.25, 0.3) is 0 Å². The zero-order valence-electron chi connectivity index (χ0n) is 16.4. The van der Waals surface area contributed by atoms with Crippen molar-refractivity contribution in [1.82, 2.24) is 9.97 Å². The maximum absolute atomic E-state index is 10.6. The van der Waals surface area contributed by atoms with Crippen LogP contribution in [0.5, 0.6) is 5.88 Å². The van der Waals surface area contributed by atoms with E-state index in [1.54, 1.807) is 18.9 Å². The SMILES string of the molecule is Br.COc1ncnc2c1NC1=C(S2)C(=NCCCCCC(=O)O)CC(C)(C)C1. The molecule has 7 nitrogen and oxygen atoms in total. The lowest BCUT2D eigenvalue weighted by atomic mass is 9.78. The van der Waals surface area contributed by atoms with Crippen LogP contribution in [0.3, 0.4) is 0 Å². The number of methoxy groups -OCH3 is 1. The highest BCUT2D eigenvalue weighted by Gasteiger charge is 2.36. The second-order valence-electron chi connectivity index (χ2n) is 7.65. The van der Waals surface area contributed by atoms with Gasteiger partial charge in [0.25, 0.3) is 0 Å². The number of fused-ring (bicyclic) bond motifs is 1. The molecule has 0 saturated heterocycles. The minimum absolute atomic E-state index is 0. The molecule has 0 bridgehead atoms. The standard InChI is InChI=1S/C19H26N4O3S.BrH/c1-19(2)9-12(20-8-6-4-5-7-14(24)25)16-13(10-19)23-15-17(26-3)21-11-22-18(15)27-16;/h11,23H,4-10H2,1-3H3,(H,24,25);1H. The second kappa shape index (κ2) is 9.73. The maximum atomic E-state index is 10.6. The zero-order chi connectivity index (χ0) is 19.4. The number of carbonyl (C=O) groups is 1. The zero-order valence-corrected chi connectivity index (χ0v) is 19.0. The Morgan fingerprint density at radius 2 is 2.11 bits per heavy atom. The molecule has 0 aromatic carbocycles. The number of allylic oxidation sites excluding steroid dienone is 2. The Morgan fingerprint density at radius 3 is 2.82 bits per heavy atom. The third kappa shape index (κ3) is 5.47. The van der Waals surface area contributed by atoms with Crippen molar-refractivity contribution in [3.05, 3.63) is 16.9 Å². The molecule has 0 spiro atoms. The number of nitrogens with zero attached hydrogens (tertiary/aromatic N) is 3. The van der Waals surface area contributed by atoms with Gasteiger partial charge in [-0.1, -0.05) is 32.0 Å². The number of anilines is 1. The summed E-state index contributed by atoms with van der Waals surface area (Å²) in [7, 11) is 1.61. The Bertz CT molecular complexity index is 795. The Labute approximate surface area is 180 Å². The van der Waals surface area contributed by atoms with Gasteiger partial charge in [-0.15, -0.1) is 17.0 Å². The lowest BCUT2D eigenvalue weighted by Crippen LogP contribution is -2.29. The molecule has 1 aliphatic heterocycles. The molecule has 1 aromatic heterocycles. The van der Waals surface area contributed by atoms with Crippen LogP contribution in [0.2, 0.25) is 0 Å². The molecule has 0 saturated carbocycles. The van der Waals surface area contributed by atoms with Gasteiger partial charge in [0.15, 0.2) is 0 Å². The fourth-order valence-corrected chi connectivity index (χ4v) is 4.43. The first-order valence-electron chi connectivity index (χ1n) is 9.22. The van der Waals surface area contributed by atoms with Crippen molar-refractivity contribution in [3.8, 4) is 5.88 Å². The smallest absolute Gasteiger partial charge is 0.303 e. The molecule has 9 heteroatoms. The Morgan fingerprint density at radius 1 is 1.32 bits per heavy atom. The molecule has 2 heterocycles. The van der Waals surface area contributed by atoms with Crippen LogP contribution in [0, 0.1) is 5.41 Å². The van der Waals surface area contributed by atoms with Gasteiger partial charge in [-0.25, -0.2) is 4.98 Å². The number of rotatable bonds is 7. The number of nitrogens with one attached hydrogen (secondary N) is 1.